The number of ether oxygens (including phenoxy) is 1. The first kappa shape index (κ1) is 17.2. The van der Waals surface area contributed by atoms with Crippen LogP contribution in [0.3, 0.4) is 0 Å². The van der Waals surface area contributed by atoms with Crippen molar-refractivity contribution in [1.82, 2.24) is 10.6 Å². The molecule has 0 spiro atoms. The molecule has 24 heavy (non-hydrogen) atoms. The molecule has 0 saturated carbocycles. The van der Waals surface area contributed by atoms with E-state index in [1.807, 2.05) is 18.2 Å². The molecule has 0 radical (unpaired) electrons. The van der Waals surface area contributed by atoms with Crippen LogP contribution in [0, 0.1) is 5.82 Å². The van der Waals surface area contributed by atoms with Gasteiger partial charge in [-0.1, -0.05) is 23.7 Å². The quantitative estimate of drug-likeness (QED) is 0.854. The molecular weight excluding hydrogens is 327 g/mol. The summed E-state index contributed by atoms with van der Waals surface area (Å²) in [6.45, 7) is 1.54. The summed E-state index contributed by atoms with van der Waals surface area (Å²) >= 11 is 6.14. The van der Waals surface area contributed by atoms with E-state index >= 15 is 0 Å². The van der Waals surface area contributed by atoms with Crippen LogP contribution < -0.4 is 15.4 Å². The lowest BCUT2D eigenvalue weighted by molar-refractivity contribution is 0.302. The van der Waals surface area contributed by atoms with Crippen LogP contribution in [-0.4, -0.2) is 19.7 Å². The summed E-state index contributed by atoms with van der Waals surface area (Å²) in [4.78, 5) is 0. The van der Waals surface area contributed by atoms with Crippen LogP contribution in [0.5, 0.6) is 5.75 Å². The third-order valence-corrected chi connectivity index (χ3v) is 4.70. The Bertz CT molecular complexity index is 695. The molecule has 5 heteroatoms. The van der Waals surface area contributed by atoms with E-state index < -0.39 is 0 Å². The predicted octanol–water partition coefficient (Wildman–Crippen LogP) is 4.07. The van der Waals surface area contributed by atoms with Gasteiger partial charge in [-0.25, -0.2) is 4.39 Å². The van der Waals surface area contributed by atoms with E-state index in [1.165, 1.54) is 17.7 Å². The predicted molar refractivity (Wildman–Crippen MR) is 95.0 cm³/mol. The van der Waals surface area contributed by atoms with Crippen molar-refractivity contribution in [2.24, 2.45) is 0 Å². The van der Waals surface area contributed by atoms with Crippen molar-refractivity contribution in [2.45, 2.75) is 31.5 Å². The molecule has 1 heterocycles. The van der Waals surface area contributed by atoms with Crippen LogP contribution in [0.4, 0.5) is 4.39 Å². The number of hydrogen-bond acceptors (Lipinski definition) is 3. The molecule has 0 bridgehead atoms. The zero-order chi connectivity index (χ0) is 16.9. The fourth-order valence-corrected chi connectivity index (χ4v) is 3.48. The Hall–Kier alpha value is -1.62. The summed E-state index contributed by atoms with van der Waals surface area (Å²) in [6.07, 6.45) is 2.16. The monoisotopic (exact) mass is 348 g/mol. The number of piperidine rings is 1. The van der Waals surface area contributed by atoms with E-state index in [2.05, 4.69) is 16.7 Å². The van der Waals surface area contributed by atoms with Gasteiger partial charge in [-0.2, -0.15) is 0 Å². The average Bonchev–Trinajstić information content (AvgIpc) is 2.60. The van der Waals surface area contributed by atoms with Gasteiger partial charge in [0.05, 0.1) is 7.11 Å². The van der Waals surface area contributed by atoms with E-state index in [9.17, 15) is 4.39 Å². The molecule has 3 nitrogen and oxygen atoms in total. The zero-order valence-corrected chi connectivity index (χ0v) is 14.4. The Morgan fingerprint density at radius 2 is 2.17 bits per heavy atom. The van der Waals surface area contributed by atoms with E-state index in [4.69, 9.17) is 16.3 Å². The Balaban J connectivity index is 1.74. The molecule has 0 aromatic heterocycles. The molecule has 2 atom stereocenters. The van der Waals surface area contributed by atoms with Gasteiger partial charge < -0.3 is 15.4 Å². The van der Waals surface area contributed by atoms with Gasteiger partial charge in [0.25, 0.3) is 0 Å². The van der Waals surface area contributed by atoms with Crippen molar-refractivity contribution < 1.29 is 9.13 Å². The van der Waals surface area contributed by atoms with Crippen molar-refractivity contribution in [3.05, 3.63) is 64.4 Å². The maximum atomic E-state index is 13.5. The molecule has 128 valence electrons. The first-order valence-electron chi connectivity index (χ1n) is 8.22. The first-order chi connectivity index (χ1) is 11.7. The Morgan fingerprint density at radius 1 is 1.29 bits per heavy atom. The molecule has 2 N–H and O–H groups in total. The van der Waals surface area contributed by atoms with Gasteiger partial charge in [0, 0.05) is 29.2 Å². The van der Waals surface area contributed by atoms with Gasteiger partial charge in [-0.3, -0.25) is 0 Å². The second kappa shape index (κ2) is 7.97. The lowest BCUT2D eigenvalue weighted by atomic mass is 9.92. The fraction of sp³-hybridized carbons (Fsp3) is 0.368. The van der Waals surface area contributed by atoms with Gasteiger partial charge in [0.2, 0.25) is 0 Å². The average molecular weight is 349 g/mol. The highest BCUT2D eigenvalue weighted by atomic mass is 35.5. The van der Waals surface area contributed by atoms with Gasteiger partial charge >= 0.3 is 0 Å². The summed E-state index contributed by atoms with van der Waals surface area (Å²) in [5.74, 6) is 0.452. The number of nitrogens with one attached hydrogen (secondary N) is 2. The number of halogens is 2. The van der Waals surface area contributed by atoms with E-state index in [0.717, 1.165) is 30.0 Å². The Labute approximate surface area is 147 Å². The third kappa shape index (κ3) is 4.07. The number of methoxy groups -OCH3 is 1. The third-order valence-electron chi connectivity index (χ3n) is 4.46. The van der Waals surface area contributed by atoms with Crippen molar-refractivity contribution in [1.29, 1.82) is 0 Å². The smallest absolute Gasteiger partial charge is 0.123 e. The molecule has 1 fully saturated rings. The molecule has 2 unspecified atom stereocenters. The Kier molecular flexibility index (Phi) is 5.72. The molecule has 1 aliphatic rings. The molecule has 2 aromatic carbocycles. The molecular formula is C19H22ClFN2O. The van der Waals surface area contributed by atoms with Crippen LogP contribution in [0.15, 0.2) is 42.5 Å². The zero-order valence-electron chi connectivity index (χ0n) is 13.7. The largest absolute Gasteiger partial charge is 0.496 e. The van der Waals surface area contributed by atoms with Crippen LogP contribution in [0.25, 0.3) is 0 Å². The summed E-state index contributed by atoms with van der Waals surface area (Å²) in [6, 6.07) is 13.0. The van der Waals surface area contributed by atoms with Gasteiger partial charge in [-0.05, 0) is 55.3 Å². The minimum atomic E-state index is -0.249. The van der Waals surface area contributed by atoms with Crippen LogP contribution in [0.1, 0.15) is 30.0 Å². The topological polar surface area (TPSA) is 33.3 Å². The van der Waals surface area contributed by atoms with Crippen molar-refractivity contribution in [3.8, 4) is 5.75 Å². The molecule has 0 aliphatic carbocycles. The van der Waals surface area contributed by atoms with Crippen molar-refractivity contribution in [2.75, 3.05) is 13.7 Å². The summed E-state index contributed by atoms with van der Waals surface area (Å²) in [7, 11) is 1.60. The summed E-state index contributed by atoms with van der Waals surface area (Å²) < 4.78 is 18.9. The summed E-state index contributed by atoms with van der Waals surface area (Å²) in [5, 5.41) is 7.86. The minimum Gasteiger partial charge on any atom is -0.496 e. The minimum absolute atomic E-state index is 0.192. The van der Waals surface area contributed by atoms with E-state index in [-0.39, 0.29) is 17.9 Å². The van der Waals surface area contributed by atoms with E-state index in [1.54, 1.807) is 13.2 Å². The normalized spacial score (nSPS) is 20.8. The Morgan fingerprint density at radius 3 is 2.96 bits per heavy atom. The van der Waals surface area contributed by atoms with Crippen molar-refractivity contribution in [3.63, 3.8) is 0 Å². The van der Waals surface area contributed by atoms with Gasteiger partial charge in [0.15, 0.2) is 0 Å². The number of rotatable bonds is 5. The number of hydrogen-bond donors (Lipinski definition) is 2. The maximum Gasteiger partial charge on any atom is 0.123 e. The highest BCUT2D eigenvalue weighted by molar-refractivity contribution is 6.30. The molecule has 2 aromatic rings. The molecule has 1 saturated heterocycles. The number of benzene rings is 2. The lowest BCUT2D eigenvalue weighted by Crippen LogP contribution is -2.45. The van der Waals surface area contributed by atoms with Crippen LogP contribution >= 0.6 is 11.6 Å². The molecule has 3 rings (SSSR count). The highest BCUT2D eigenvalue weighted by Crippen LogP contribution is 2.27. The second-order valence-corrected chi connectivity index (χ2v) is 6.51. The SMILES string of the molecule is COc1ccc(F)cc1CNC1CCCNC1c1cccc(Cl)c1. The van der Waals surface area contributed by atoms with Crippen LogP contribution in [0.2, 0.25) is 5.02 Å². The van der Waals surface area contributed by atoms with Gasteiger partial charge in [-0.15, -0.1) is 0 Å². The molecule has 0 amide bonds. The van der Waals surface area contributed by atoms with Crippen LogP contribution in [-0.2, 0) is 6.54 Å². The maximum absolute atomic E-state index is 13.5. The lowest BCUT2D eigenvalue weighted by Gasteiger charge is -2.34. The standard InChI is InChI=1S/C19H22ClFN2O/c1-24-18-8-7-16(21)11-14(18)12-23-17-6-3-9-22-19(17)13-4-2-5-15(20)10-13/h2,4-5,7-8,10-11,17,19,22-23H,3,6,9,12H2,1H3. The highest BCUT2D eigenvalue weighted by Gasteiger charge is 2.26. The summed E-state index contributed by atoms with van der Waals surface area (Å²) in [5.41, 5.74) is 2.00. The first-order valence-corrected chi connectivity index (χ1v) is 8.60. The van der Waals surface area contributed by atoms with Crippen molar-refractivity contribution >= 4 is 11.6 Å². The second-order valence-electron chi connectivity index (χ2n) is 6.07. The van der Waals surface area contributed by atoms with E-state index in [0.29, 0.717) is 12.3 Å². The van der Waals surface area contributed by atoms with Gasteiger partial charge in [0.1, 0.15) is 11.6 Å². The molecule has 1 aliphatic heterocycles. The fourth-order valence-electron chi connectivity index (χ4n) is 3.28.